The molecule has 3 heterocycles. The summed E-state index contributed by atoms with van der Waals surface area (Å²) in [7, 11) is 1.50. The molecular weight excluding hydrogens is 421 g/mol. The van der Waals surface area contributed by atoms with Crippen LogP contribution in [0, 0.1) is 0 Å². The zero-order valence-electron chi connectivity index (χ0n) is 13.8. The van der Waals surface area contributed by atoms with Gasteiger partial charge in [-0.05, 0) is 0 Å². The number of aromatic nitrogens is 3. The average Bonchev–Trinajstić information content (AvgIpc) is 3.16. The maximum Gasteiger partial charge on any atom is 0.454 e. The lowest BCUT2D eigenvalue weighted by Gasteiger charge is -2.24. The second-order valence-corrected chi connectivity index (χ2v) is 7.29. The van der Waals surface area contributed by atoms with Gasteiger partial charge in [-0.3, -0.25) is 9.69 Å². The monoisotopic (exact) mass is 433 g/mol. The van der Waals surface area contributed by atoms with Crippen molar-refractivity contribution in [3.8, 4) is 0 Å². The van der Waals surface area contributed by atoms with Crippen LogP contribution in [0.3, 0.4) is 0 Å². The van der Waals surface area contributed by atoms with E-state index in [1.165, 1.54) is 23.0 Å². The second kappa shape index (κ2) is 7.11. The van der Waals surface area contributed by atoms with Crippen LogP contribution in [0.15, 0.2) is 0 Å². The molecule has 0 atom stereocenters. The molecule has 1 fully saturated rings. The highest BCUT2D eigenvalue weighted by atomic mass is 35.5. The topological polar surface area (TPSA) is 63.0 Å². The van der Waals surface area contributed by atoms with Gasteiger partial charge in [0.1, 0.15) is 10.7 Å². The van der Waals surface area contributed by atoms with Crippen molar-refractivity contribution < 1.29 is 31.5 Å². The third kappa shape index (κ3) is 4.00. The number of amides is 1. The fraction of sp³-hybridized carbons (Fsp3) is 0.615. The van der Waals surface area contributed by atoms with Crippen molar-refractivity contribution in [2.45, 2.75) is 25.3 Å². The zero-order chi connectivity index (χ0) is 20.0. The lowest BCUT2D eigenvalue weighted by atomic mass is 10.3. The molecule has 150 valence electrons. The summed E-state index contributed by atoms with van der Waals surface area (Å²) in [5.41, 5.74) is 0.275. The molecule has 0 radical (unpaired) electrons. The van der Waals surface area contributed by atoms with Crippen LogP contribution in [-0.2, 0) is 22.7 Å². The van der Waals surface area contributed by atoms with Crippen LogP contribution >= 0.6 is 22.9 Å². The maximum atomic E-state index is 13.2. The van der Waals surface area contributed by atoms with Crippen molar-refractivity contribution >= 4 is 33.8 Å². The van der Waals surface area contributed by atoms with Gasteiger partial charge in [-0.2, -0.15) is 31.6 Å². The molecule has 1 aliphatic rings. The van der Waals surface area contributed by atoms with Gasteiger partial charge in [0.2, 0.25) is 10.9 Å². The van der Waals surface area contributed by atoms with Gasteiger partial charge >= 0.3 is 12.1 Å². The Balaban J connectivity index is 1.69. The van der Waals surface area contributed by atoms with Crippen molar-refractivity contribution in [1.29, 1.82) is 0 Å². The minimum Gasteiger partial charge on any atom is -0.377 e. The molecule has 1 amide bonds. The molecule has 1 aliphatic heterocycles. The number of ether oxygens (including phenoxy) is 1. The highest BCUT2D eigenvalue weighted by Crippen LogP contribution is 2.36. The Morgan fingerprint density at radius 2 is 2.00 bits per heavy atom. The van der Waals surface area contributed by atoms with Gasteiger partial charge in [0, 0.05) is 7.11 Å². The van der Waals surface area contributed by atoms with E-state index in [2.05, 4.69) is 10.1 Å². The largest absolute Gasteiger partial charge is 0.454 e. The molecule has 0 bridgehead atoms. The lowest BCUT2D eigenvalue weighted by Crippen LogP contribution is -2.46. The average molecular weight is 434 g/mol. The highest BCUT2D eigenvalue weighted by molar-refractivity contribution is 7.16. The minimum atomic E-state index is -5.67. The first-order valence-corrected chi connectivity index (χ1v) is 8.67. The van der Waals surface area contributed by atoms with Gasteiger partial charge in [-0.1, -0.05) is 22.9 Å². The molecule has 3 rings (SSSR count). The molecule has 0 aromatic carbocycles. The van der Waals surface area contributed by atoms with Crippen molar-refractivity contribution in [2.75, 3.05) is 26.9 Å². The van der Waals surface area contributed by atoms with E-state index in [4.69, 9.17) is 16.3 Å². The van der Waals surface area contributed by atoms with Crippen molar-refractivity contribution in [3.05, 3.63) is 15.9 Å². The second-order valence-electron chi connectivity index (χ2n) is 5.89. The Hall–Kier alpha value is -1.57. The normalized spacial score (nSPS) is 16.9. The third-order valence-corrected chi connectivity index (χ3v) is 5.04. The number of halogens is 6. The SMILES string of the molecule is COCc1nn2c(Cl)c(CN3CN(CC(F)(F)C(F)(F)F)CC3=O)nc2s1. The van der Waals surface area contributed by atoms with Crippen LogP contribution in [0.5, 0.6) is 0 Å². The first kappa shape index (κ1) is 20.2. The molecule has 0 unspecified atom stereocenters. The predicted octanol–water partition coefficient (Wildman–Crippen LogP) is 2.39. The Labute approximate surface area is 158 Å². The Morgan fingerprint density at radius 1 is 1.30 bits per heavy atom. The number of alkyl halides is 5. The number of carbonyl (C=O) groups is 1. The van der Waals surface area contributed by atoms with Crippen molar-refractivity contribution in [1.82, 2.24) is 24.4 Å². The van der Waals surface area contributed by atoms with E-state index in [0.29, 0.717) is 9.97 Å². The highest BCUT2D eigenvalue weighted by Gasteiger charge is 2.58. The van der Waals surface area contributed by atoms with Crippen molar-refractivity contribution in [2.24, 2.45) is 0 Å². The molecule has 1 saturated heterocycles. The van der Waals surface area contributed by atoms with Crippen LogP contribution < -0.4 is 0 Å². The van der Waals surface area contributed by atoms with Gasteiger partial charge in [-0.25, -0.2) is 4.98 Å². The molecule has 0 N–H and O–H groups in total. The van der Waals surface area contributed by atoms with E-state index in [-0.39, 0.29) is 30.7 Å². The summed E-state index contributed by atoms with van der Waals surface area (Å²) in [5, 5.41) is 4.95. The number of hydrogen-bond donors (Lipinski definition) is 0. The molecule has 2 aromatic heterocycles. The number of rotatable bonds is 6. The van der Waals surface area contributed by atoms with E-state index < -0.39 is 31.1 Å². The number of nitrogens with zero attached hydrogens (tertiary/aromatic N) is 5. The van der Waals surface area contributed by atoms with Crippen LogP contribution in [0.2, 0.25) is 5.15 Å². The van der Waals surface area contributed by atoms with Crippen LogP contribution in [-0.4, -0.2) is 69.3 Å². The fourth-order valence-electron chi connectivity index (χ4n) is 2.54. The predicted molar refractivity (Wildman–Crippen MR) is 84.6 cm³/mol. The van der Waals surface area contributed by atoms with E-state index in [9.17, 15) is 26.7 Å². The standard InChI is InChI=1S/C13H13ClF5N5O2S/c1-26-4-8-21-24-10(14)7(20-11(24)27-8)2-23-6-22(3-9(23)25)5-12(15,16)13(17,18)19/h2-6H2,1H3. The number of hydrogen-bond acceptors (Lipinski definition) is 6. The van der Waals surface area contributed by atoms with E-state index in [1.807, 2.05) is 0 Å². The number of methoxy groups -OCH3 is 1. The lowest BCUT2D eigenvalue weighted by molar-refractivity contribution is -0.286. The minimum absolute atomic E-state index is 0.124. The smallest absolute Gasteiger partial charge is 0.377 e. The van der Waals surface area contributed by atoms with E-state index in [1.54, 1.807) is 0 Å². The summed E-state index contributed by atoms with van der Waals surface area (Å²) in [6.45, 7) is -2.36. The number of imidazole rings is 1. The quantitative estimate of drug-likeness (QED) is 0.655. The molecule has 0 saturated carbocycles. The molecular formula is C13H13ClF5N5O2S. The van der Waals surface area contributed by atoms with Crippen LogP contribution in [0.1, 0.15) is 10.7 Å². The number of fused-ring (bicyclic) bond motifs is 1. The van der Waals surface area contributed by atoms with Gasteiger partial charge < -0.3 is 9.64 Å². The maximum absolute atomic E-state index is 13.2. The van der Waals surface area contributed by atoms with Crippen molar-refractivity contribution in [3.63, 3.8) is 0 Å². The number of carbonyl (C=O) groups excluding carboxylic acids is 1. The van der Waals surface area contributed by atoms with E-state index >= 15 is 0 Å². The fourth-order valence-corrected chi connectivity index (χ4v) is 3.70. The van der Waals surface area contributed by atoms with Gasteiger partial charge in [0.15, 0.2) is 5.15 Å². The summed E-state index contributed by atoms with van der Waals surface area (Å²) >= 11 is 7.40. The summed E-state index contributed by atoms with van der Waals surface area (Å²) in [6.07, 6.45) is -5.67. The first-order valence-electron chi connectivity index (χ1n) is 7.48. The first-order chi connectivity index (χ1) is 12.5. The van der Waals surface area contributed by atoms with Gasteiger partial charge in [0.05, 0.1) is 32.9 Å². The summed E-state index contributed by atoms with van der Waals surface area (Å²) in [5.74, 6) is -5.49. The Kier molecular flexibility index (Phi) is 5.31. The summed E-state index contributed by atoms with van der Waals surface area (Å²) < 4.78 is 69.7. The van der Waals surface area contributed by atoms with Crippen LogP contribution in [0.4, 0.5) is 22.0 Å². The molecule has 27 heavy (non-hydrogen) atoms. The van der Waals surface area contributed by atoms with E-state index in [0.717, 1.165) is 9.80 Å². The summed E-state index contributed by atoms with van der Waals surface area (Å²) in [4.78, 5) is 18.5. The Bertz CT molecular complexity index is 854. The molecule has 2 aromatic rings. The summed E-state index contributed by atoms with van der Waals surface area (Å²) in [6, 6.07) is 0. The zero-order valence-corrected chi connectivity index (χ0v) is 15.3. The third-order valence-electron chi connectivity index (χ3n) is 3.78. The molecule has 14 heteroatoms. The molecule has 0 aliphatic carbocycles. The molecule has 0 spiro atoms. The Morgan fingerprint density at radius 3 is 2.59 bits per heavy atom. The van der Waals surface area contributed by atoms with Crippen LogP contribution in [0.25, 0.3) is 4.96 Å². The molecule has 7 nitrogen and oxygen atoms in total. The van der Waals surface area contributed by atoms with Gasteiger partial charge in [-0.15, -0.1) is 0 Å². The van der Waals surface area contributed by atoms with Gasteiger partial charge in [0.25, 0.3) is 0 Å².